The number of rotatable bonds is 28. The Bertz CT molecular complexity index is 580. The SMILES string of the molecule is CCCCCCCC(=O)[O][Bi]([O]C(=O)CCCCCCC)([O]C(=O)CCCCCCC)[O]C(=O)CCCCCCC. The summed E-state index contributed by atoms with van der Waals surface area (Å²) >= 11 is -5.80. The van der Waals surface area contributed by atoms with Crippen molar-refractivity contribution in [2.24, 2.45) is 0 Å². The molecule has 9 heteroatoms. The van der Waals surface area contributed by atoms with Crippen molar-refractivity contribution in [3.8, 4) is 0 Å². The second-order valence-electron chi connectivity index (χ2n) is 11.0. The van der Waals surface area contributed by atoms with Gasteiger partial charge in [-0.3, -0.25) is 0 Å². The van der Waals surface area contributed by atoms with E-state index in [1.165, 1.54) is 0 Å². The van der Waals surface area contributed by atoms with Crippen LogP contribution in [0, 0.1) is 0 Å². The standard InChI is InChI=1S/4C8H16O2.Bi/c4*1-2-3-4-5-6-7-8(9)10;/h4*2-7H2,1H3,(H,9,10);/q;;;;+4/p-4. The van der Waals surface area contributed by atoms with Gasteiger partial charge in [0, 0.05) is 0 Å². The van der Waals surface area contributed by atoms with Crippen LogP contribution in [0.3, 0.4) is 0 Å². The summed E-state index contributed by atoms with van der Waals surface area (Å²) in [5.74, 6) is -2.60. The molecule has 0 amide bonds. The molecule has 0 saturated carbocycles. The zero-order valence-corrected chi connectivity index (χ0v) is 30.2. The van der Waals surface area contributed by atoms with Crippen LogP contribution in [0.4, 0.5) is 0 Å². The molecule has 0 fully saturated rings. The van der Waals surface area contributed by atoms with E-state index in [1.807, 2.05) is 0 Å². The van der Waals surface area contributed by atoms with Crippen molar-refractivity contribution in [1.82, 2.24) is 0 Å². The third kappa shape index (κ3) is 24.0. The first-order valence-corrected chi connectivity index (χ1v) is 22.3. The fraction of sp³-hybridized carbons (Fsp3) is 0.875. The third-order valence-electron chi connectivity index (χ3n) is 6.79. The predicted octanol–water partition coefficient (Wildman–Crippen LogP) is 9.04. The summed E-state index contributed by atoms with van der Waals surface area (Å²) in [4.78, 5) is 51.6. The molecular weight excluding hydrogens is 721 g/mol. The first-order valence-electron chi connectivity index (χ1n) is 16.6. The molecule has 0 atom stereocenters. The van der Waals surface area contributed by atoms with E-state index in [0.717, 1.165) is 103 Å². The van der Waals surface area contributed by atoms with Crippen molar-refractivity contribution in [2.45, 2.75) is 182 Å². The average molecular weight is 782 g/mol. The van der Waals surface area contributed by atoms with Crippen molar-refractivity contribution in [3.05, 3.63) is 0 Å². The monoisotopic (exact) mass is 781 g/mol. The topological polar surface area (TPSA) is 105 Å². The summed E-state index contributed by atoms with van der Waals surface area (Å²) in [6.45, 7) is 8.47. The molecule has 8 nitrogen and oxygen atoms in total. The molecule has 0 heterocycles. The van der Waals surface area contributed by atoms with Crippen LogP contribution in [0.15, 0.2) is 0 Å². The van der Waals surface area contributed by atoms with E-state index >= 15 is 0 Å². The van der Waals surface area contributed by atoms with Gasteiger partial charge in [-0.25, -0.2) is 0 Å². The van der Waals surface area contributed by atoms with Gasteiger partial charge in [-0.05, 0) is 0 Å². The minimum atomic E-state index is -5.80. The zero-order chi connectivity index (χ0) is 30.6. The number of hydrogen-bond donors (Lipinski definition) is 0. The van der Waals surface area contributed by atoms with Gasteiger partial charge in [-0.15, -0.1) is 0 Å². The van der Waals surface area contributed by atoms with E-state index in [2.05, 4.69) is 27.7 Å². The zero-order valence-electron chi connectivity index (χ0n) is 26.7. The van der Waals surface area contributed by atoms with E-state index in [0.29, 0.717) is 25.7 Å². The summed E-state index contributed by atoms with van der Waals surface area (Å²) in [6, 6.07) is 0. The molecule has 241 valence electrons. The van der Waals surface area contributed by atoms with E-state index in [4.69, 9.17) is 11.3 Å². The Kier molecular flexibility index (Phi) is 26.8. The molecule has 0 bridgehead atoms. The van der Waals surface area contributed by atoms with Crippen LogP contribution in [0.25, 0.3) is 0 Å². The van der Waals surface area contributed by atoms with E-state index in [-0.39, 0.29) is 25.7 Å². The molecule has 0 aliphatic carbocycles. The molecular formula is C32H60BiO8. The first-order chi connectivity index (χ1) is 19.8. The van der Waals surface area contributed by atoms with Gasteiger partial charge >= 0.3 is 258 Å². The Labute approximate surface area is 257 Å². The summed E-state index contributed by atoms with van der Waals surface area (Å²) < 4.78 is 22.6. The Morgan fingerprint density at radius 3 is 0.732 bits per heavy atom. The van der Waals surface area contributed by atoms with Gasteiger partial charge in [0.25, 0.3) is 0 Å². The minimum absolute atomic E-state index is 0.0847. The molecule has 0 aromatic rings. The molecule has 41 heavy (non-hydrogen) atoms. The second-order valence-corrected chi connectivity index (χ2v) is 17.3. The number of carbonyl (C=O) groups is 4. The second kappa shape index (κ2) is 27.6. The van der Waals surface area contributed by atoms with E-state index in [1.54, 1.807) is 0 Å². The van der Waals surface area contributed by atoms with Gasteiger partial charge in [0.2, 0.25) is 0 Å². The summed E-state index contributed by atoms with van der Waals surface area (Å²) in [5, 5.41) is 0. The molecule has 0 aliphatic heterocycles. The maximum atomic E-state index is 12.9. The molecule has 0 N–H and O–H groups in total. The van der Waals surface area contributed by atoms with Crippen molar-refractivity contribution in [2.75, 3.05) is 0 Å². The number of carbonyl (C=O) groups excluding carboxylic acids is 4. The van der Waals surface area contributed by atoms with Crippen molar-refractivity contribution >= 4 is 45.9 Å². The van der Waals surface area contributed by atoms with Crippen molar-refractivity contribution in [1.29, 1.82) is 0 Å². The molecule has 0 aliphatic rings. The predicted molar refractivity (Wildman–Crippen MR) is 164 cm³/mol. The van der Waals surface area contributed by atoms with Crippen LogP contribution in [-0.2, 0) is 30.4 Å². The van der Waals surface area contributed by atoms with Crippen molar-refractivity contribution in [3.63, 3.8) is 0 Å². The summed E-state index contributed by atoms with van der Waals surface area (Å²) in [5.41, 5.74) is 0. The first kappa shape index (κ1) is 39.8. The van der Waals surface area contributed by atoms with Crippen LogP contribution in [0.5, 0.6) is 0 Å². The van der Waals surface area contributed by atoms with Gasteiger partial charge in [-0.2, -0.15) is 0 Å². The fourth-order valence-corrected chi connectivity index (χ4v) is 10.5. The average Bonchev–Trinajstić information content (AvgIpc) is 2.92. The van der Waals surface area contributed by atoms with Crippen LogP contribution < -0.4 is 0 Å². The van der Waals surface area contributed by atoms with Gasteiger partial charge in [0.1, 0.15) is 0 Å². The number of unbranched alkanes of at least 4 members (excludes halogenated alkanes) is 16. The Morgan fingerprint density at radius 1 is 0.341 bits per heavy atom. The molecule has 0 aromatic heterocycles. The molecule has 0 aromatic carbocycles. The molecule has 0 unspecified atom stereocenters. The Morgan fingerprint density at radius 2 is 0.537 bits per heavy atom. The van der Waals surface area contributed by atoms with Gasteiger partial charge in [-0.1, -0.05) is 0 Å². The van der Waals surface area contributed by atoms with Gasteiger partial charge in [0.15, 0.2) is 0 Å². The molecule has 0 saturated heterocycles. The van der Waals surface area contributed by atoms with E-state index in [9.17, 15) is 19.2 Å². The van der Waals surface area contributed by atoms with E-state index < -0.39 is 45.9 Å². The number of hydrogen-bond acceptors (Lipinski definition) is 8. The van der Waals surface area contributed by atoms with Crippen molar-refractivity contribution < 1.29 is 30.4 Å². The van der Waals surface area contributed by atoms with Gasteiger partial charge < -0.3 is 0 Å². The Hall–Kier alpha value is -1.24. The summed E-state index contributed by atoms with van der Waals surface area (Å²) in [6.07, 6.45) is 18.9. The Balaban J connectivity index is 5.59. The van der Waals surface area contributed by atoms with Crippen LogP contribution >= 0.6 is 0 Å². The molecule has 1 radical (unpaired) electrons. The maximum absolute atomic E-state index is 12.9. The molecule has 0 spiro atoms. The van der Waals surface area contributed by atoms with Crippen LogP contribution in [-0.4, -0.2) is 45.9 Å². The van der Waals surface area contributed by atoms with Crippen LogP contribution in [0.1, 0.15) is 182 Å². The van der Waals surface area contributed by atoms with Crippen LogP contribution in [0.2, 0.25) is 0 Å². The normalized spacial score (nSPS) is 11.2. The fourth-order valence-electron chi connectivity index (χ4n) is 4.28. The quantitative estimate of drug-likeness (QED) is 0.0573. The van der Waals surface area contributed by atoms with Gasteiger partial charge in [0.05, 0.1) is 0 Å². The third-order valence-corrected chi connectivity index (χ3v) is 13.4. The molecule has 0 rings (SSSR count). The summed E-state index contributed by atoms with van der Waals surface area (Å²) in [7, 11) is 0.